The van der Waals surface area contributed by atoms with Gasteiger partial charge in [-0.15, -0.1) is 0 Å². The van der Waals surface area contributed by atoms with Crippen LogP contribution in [-0.4, -0.2) is 12.7 Å². The first-order chi connectivity index (χ1) is 8.19. The minimum atomic E-state index is 0.602. The lowest BCUT2D eigenvalue weighted by molar-refractivity contribution is -0.0213. The Morgan fingerprint density at radius 1 is 1.06 bits per heavy atom. The maximum absolute atomic E-state index is 6.06. The fourth-order valence-corrected chi connectivity index (χ4v) is 4.80. The number of fused-ring (bicyclic) bond motifs is 1. The topological polar surface area (TPSA) is 9.23 Å². The first kappa shape index (κ1) is 12.0. The highest BCUT2D eigenvalue weighted by atomic mass is 16.5. The third kappa shape index (κ3) is 2.16. The molecule has 17 heavy (non-hydrogen) atoms. The molecule has 1 heteroatoms. The van der Waals surface area contributed by atoms with E-state index in [2.05, 4.69) is 13.8 Å². The van der Waals surface area contributed by atoms with Crippen LogP contribution in [0.25, 0.3) is 0 Å². The zero-order valence-electron chi connectivity index (χ0n) is 11.6. The van der Waals surface area contributed by atoms with Gasteiger partial charge in [-0.05, 0) is 55.3 Å². The predicted molar refractivity (Wildman–Crippen MR) is 70.9 cm³/mol. The Kier molecular flexibility index (Phi) is 3.23. The Balaban J connectivity index is 1.68. The molecule has 0 aromatic heterocycles. The highest BCUT2D eigenvalue weighted by Gasteiger charge is 2.46. The summed E-state index contributed by atoms with van der Waals surface area (Å²) >= 11 is 0. The summed E-state index contributed by atoms with van der Waals surface area (Å²) in [4.78, 5) is 0. The van der Waals surface area contributed by atoms with E-state index in [4.69, 9.17) is 4.74 Å². The van der Waals surface area contributed by atoms with E-state index in [0.29, 0.717) is 11.5 Å². The molecule has 3 aliphatic rings. The third-order valence-electron chi connectivity index (χ3n) is 6.09. The predicted octanol–water partition coefficient (Wildman–Crippen LogP) is 4.41. The molecule has 0 bridgehead atoms. The molecular formula is C16H28O. The normalized spacial score (nSPS) is 48.0. The molecule has 1 aliphatic heterocycles. The molecule has 1 nitrogen and oxygen atoms in total. The first-order valence-electron chi connectivity index (χ1n) is 7.81. The lowest BCUT2D eigenvalue weighted by Crippen LogP contribution is -2.40. The van der Waals surface area contributed by atoms with Crippen LogP contribution < -0.4 is 0 Å². The quantitative estimate of drug-likeness (QED) is 0.655. The second-order valence-corrected chi connectivity index (χ2v) is 7.24. The van der Waals surface area contributed by atoms with Crippen LogP contribution in [0.1, 0.15) is 65.2 Å². The van der Waals surface area contributed by atoms with Crippen molar-refractivity contribution in [3.8, 4) is 0 Å². The van der Waals surface area contributed by atoms with Crippen molar-refractivity contribution < 1.29 is 4.74 Å². The molecule has 1 saturated heterocycles. The molecule has 98 valence electrons. The summed E-state index contributed by atoms with van der Waals surface area (Å²) in [6.07, 6.45) is 12.3. The van der Waals surface area contributed by atoms with E-state index in [-0.39, 0.29) is 0 Å². The maximum Gasteiger partial charge on any atom is 0.0612 e. The monoisotopic (exact) mass is 236 g/mol. The Bertz CT molecular complexity index is 269. The Morgan fingerprint density at radius 2 is 1.82 bits per heavy atom. The summed E-state index contributed by atoms with van der Waals surface area (Å²) in [6.45, 7) is 5.97. The maximum atomic E-state index is 6.06. The Labute approximate surface area is 106 Å². The van der Waals surface area contributed by atoms with E-state index < -0.39 is 0 Å². The summed E-state index contributed by atoms with van der Waals surface area (Å²) in [5.41, 5.74) is 0.603. The van der Waals surface area contributed by atoms with Gasteiger partial charge in [-0.25, -0.2) is 0 Å². The van der Waals surface area contributed by atoms with Crippen molar-refractivity contribution in [2.75, 3.05) is 6.61 Å². The van der Waals surface area contributed by atoms with Crippen LogP contribution >= 0.6 is 0 Å². The lowest BCUT2D eigenvalue weighted by atomic mass is 9.59. The van der Waals surface area contributed by atoms with Crippen molar-refractivity contribution >= 4 is 0 Å². The van der Waals surface area contributed by atoms with Crippen LogP contribution in [0.5, 0.6) is 0 Å². The summed E-state index contributed by atoms with van der Waals surface area (Å²) in [5.74, 6) is 2.69. The Hall–Kier alpha value is -0.0400. The summed E-state index contributed by atoms with van der Waals surface area (Å²) in [6, 6.07) is 0. The fourth-order valence-electron chi connectivity index (χ4n) is 4.80. The molecule has 3 rings (SSSR count). The van der Waals surface area contributed by atoms with Gasteiger partial charge in [0.25, 0.3) is 0 Å². The highest BCUT2D eigenvalue weighted by molar-refractivity contribution is 4.96. The van der Waals surface area contributed by atoms with Gasteiger partial charge in [0.15, 0.2) is 0 Å². The van der Waals surface area contributed by atoms with Gasteiger partial charge in [0.1, 0.15) is 0 Å². The number of hydrogen-bond acceptors (Lipinski definition) is 1. The van der Waals surface area contributed by atoms with Crippen molar-refractivity contribution in [3.63, 3.8) is 0 Å². The van der Waals surface area contributed by atoms with Gasteiger partial charge in [-0.2, -0.15) is 0 Å². The molecule has 0 aromatic rings. The molecule has 0 amide bonds. The van der Waals surface area contributed by atoms with E-state index in [1.54, 1.807) is 0 Å². The average Bonchev–Trinajstić information content (AvgIpc) is 2.71. The van der Waals surface area contributed by atoms with E-state index in [0.717, 1.165) is 24.4 Å². The van der Waals surface area contributed by atoms with E-state index in [9.17, 15) is 0 Å². The SMILES string of the molecule is C[C@H]1CO[C@@H]2CC(C)(C3CCCCC3)CCC12. The number of rotatable bonds is 1. The van der Waals surface area contributed by atoms with Crippen molar-refractivity contribution in [1.82, 2.24) is 0 Å². The minimum absolute atomic E-state index is 0.602. The van der Waals surface area contributed by atoms with Crippen molar-refractivity contribution in [1.29, 1.82) is 0 Å². The van der Waals surface area contributed by atoms with Gasteiger partial charge in [0, 0.05) is 6.61 Å². The minimum Gasteiger partial charge on any atom is -0.378 e. The molecule has 1 heterocycles. The highest BCUT2D eigenvalue weighted by Crippen LogP contribution is 2.52. The van der Waals surface area contributed by atoms with E-state index in [1.807, 2.05) is 0 Å². The van der Waals surface area contributed by atoms with Crippen LogP contribution in [0.2, 0.25) is 0 Å². The molecular weight excluding hydrogens is 208 g/mol. The summed E-state index contributed by atoms with van der Waals surface area (Å²) < 4.78 is 6.06. The molecule has 2 unspecified atom stereocenters. The fraction of sp³-hybridized carbons (Fsp3) is 1.00. The van der Waals surface area contributed by atoms with Gasteiger partial charge in [-0.1, -0.05) is 33.1 Å². The molecule has 0 radical (unpaired) electrons. The second-order valence-electron chi connectivity index (χ2n) is 7.24. The molecule has 2 saturated carbocycles. The lowest BCUT2D eigenvalue weighted by Gasteiger charge is -2.46. The smallest absolute Gasteiger partial charge is 0.0612 e. The molecule has 3 fully saturated rings. The van der Waals surface area contributed by atoms with E-state index in [1.165, 1.54) is 51.4 Å². The van der Waals surface area contributed by atoms with Crippen molar-refractivity contribution in [2.24, 2.45) is 23.2 Å². The zero-order chi connectivity index (χ0) is 11.9. The van der Waals surface area contributed by atoms with Gasteiger partial charge in [0.05, 0.1) is 6.10 Å². The Morgan fingerprint density at radius 3 is 2.59 bits per heavy atom. The van der Waals surface area contributed by atoms with E-state index >= 15 is 0 Å². The van der Waals surface area contributed by atoms with Gasteiger partial charge in [-0.3, -0.25) is 0 Å². The van der Waals surface area contributed by atoms with Crippen LogP contribution in [0.4, 0.5) is 0 Å². The molecule has 4 atom stereocenters. The molecule has 0 spiro atoms. The standard InChI is InChI=1S/C16H28O/c1-12-11-17-15-10-16(2,9-8-14(12)15)13-6-4-3-5-7-13/h12-15H,3-11H2,1-2H3/t12-,14?,15+,16?/m0/s1. The molecule has 0 aromatic carbocycles. The first-order valence-corrected chi connectivity index (χ1v) is 7.81. The van der Waals surface area contributed by atoms with Crippen LogP contribution in [0, 0.1) is 23.2 Å². The van der Waals surface area contributed by atoms with Crippen LogP contribution in [0.3, 0.4) is 0 Å². The van der Waals surface area contributed by atoms with Gasteiger partial charge >= 0.3 is 0 Å². The van der Waals surface area contributed by atoms with Crippen LogP contribution in [0.15, 0.2) is 0 Å². The zero-order valence-corrected chi connectivity index (χ0v) is 11.6. The molecule has 2 aliphatic carbocycles. The second kappa shape index (κ2) is 4.57. The van der Waals surface area contributed by atoms with Gasteiger partial charge in [0.2, 0.25) is 0 Å². The number of ether oxygens (including phenoxy) is 1. The molecule has 0 N–H and O–H groups in total. The van der Waals surface area contributed by atoms with Gasteiger partial charge < -0.3 is 4.74 Å². The average molecular weight is 236 g/mol. The van der Waals surface area contributed by atoms with Crippen LogP contribution in [-0.2, 0) is 4.74 Å². The number of hydrogen-bond donors (Lipinski definition) is 0. The third-order valence-corrected chi connectivity index (χ3v) is 6.09. The summed E-state index contributed by atoms with van der Waals surface area (Å²) in [7, 11) is 0. The van der Waals surface area contributed by atoms with Crippen molar-refractivity contribution in [2.45, 2.75) is 71.3 Å². The van der Waals surface area contributed by atoms with Crippen molar-refractivity contribution in [3.05, 3.63) is 0 Å². The summed E-state index contributed by atoms with van der Waals surface area (Å²) in [5, 5.41) is 0. The largest absolute Gasteiger partial charge is 0.378 e.